The van der Waals surface area contributed by atoms with Gasteiger partial charge in [-0.2, -0.15) is 0 Å². The Morgan fingerprint density at radius 3 is 2.37 bits per heavy atom. The molecule has 0 amide bonds. The summed E-state index contributed by atoms with van der Waals surface area (Å²) in [6.07, 6.45) is 0. The molecule has 3 nitrogen and oxygen atoms in total. The largest absolute Gasteiger partial charge is 0.326 e. The Kier molecular flexibility index (Phi) is 3.97. The van der Waals surface area contributed by atoms with Crippen molar-refractivity contribution in [2.24, 2.45) is 5.73 Å². The van der Waals surface area contributed by atoms with Gasteiger partial charge in [-0.25, -0.2) is 12.8 Å². The topological polar surface area (TPSA) is 60.2 Å². The number of halogens is 1. The predicted molar refractivity (Wildman–Crippen MR) is 71.6 cm³/mol. The molecule has 0 bridgehead atoms. The number of hydrogen-bond donors (Lipinski definition) is 1. The van der Waals surface area contributed by atoms with Crippen LogP contribution in [0.15, 0.2) is 53.4 Å². The van der Waals surface area contributed by atoms with Crippen molar-refractivity contribution < 1.29 is 12.8 Å². The number of hydrogen-bond acceptors (Lipinski definition) is 3. The molecule has 2 aromatic carbocycles. The van der Waals surface area contributed by atoms with Crippen LogP contribution in [0.5, 0.6) is 0 Å². The molecule has 0 aromatic heterocycles. The van der Waals surface area contributed by atoms with E-state index in [2.05, 4.69) is 0 Å². The van der Waals surface area contributed by atoms with Crippen LogP contribution in [0, 0.1) is 5.82 Å². The first-order chi connectivity index (χ1) is 9.03. The number of sulfone groups is 1. The molecule has 19 heavy (non-hydrogen) atoms. The molecule has 0 radical (unpaired) electrons. The van der Waals surface area contributed by atoms with E-state index in [1.54, 1.807) is 18.2 Å². The fourth-order valence-electron chi connectivity index (χ4n) is 1.84. The first-order valence-corrected chi connectivity index (χ1v) is 7.43. The van der Waals surface area contributed by atoms with E-state index in [9.17, 15) is 12.8 Å². The maximum absolute atomic E-state index is 13.5. The minimum Gasteiger partial charge on any atom is -0.326 e. The number of benzene rings is 2. The second-order valence-electron chi connectivity index (χ2n) is 4.21. The lowest BCUT2D eigenvalue weighted by Gasteiger charge is -2.07. The Labute approximate surface area is 111 Å². The lowest BCUT2D eigenvalue weighted by atomic mass is 10.1. The Morgan fingerprint density at radius 2 is 1.68 bits per heavy atom. The average Bonchev–Trinajstić information content (AvgIpc) is 2.38. The molecular formula is C14H14FNO2S. The Morgan fingerprint density at radius 1 is 1.00 bits per heavy atom. The monoisotopic (exact) mass is 279 g/mol. The van der Waals surface area contributed by atoms with Gasteiger partial charge in [0.15, 0.2) is 9.84 Å². The van der Waals surface area contributed by atoms with Crippen LogP contribution in [0.25, 0.3) is 0 Å². The van der Waals surface area contributed by atoms with Crippen LogP contribution in [0.2, 0.25) is 0 Å². The smallest absolute Gasteiger partial charge is 0.185 e. The summed E-state index contributed by atoms with van der Waals surface area (Å²) in [4.78, 5) is -0.270. The summed E-state index contributed by atoms with van der Waals surface area (Å²) in [5.41, 5.74) is 6.96. The highest BCUT2D eigenvalue weighted by Gasteiger charge is 2.19. The van der Waals surface area contributed by atoms with Crippen molar-refractivity contribution in [1.82, 2.24) is 0 Å². The summed E-state index contributed by atoms with van der Waals surface area (Å²) >= 11 is 0. The molecular weight excluding hydrogens is 265 g/mol. The SMILES string of the molecule is NCc1cccc(CS(=O)(=O)c2ccccc2F)c1. The van der Waals surface area contributed by atoms with Gasteiger partial charge in [0.1, 0.15) is 10.7 Å². The molecule has 0 aliphatic rings. The molecule has 0 heterocycles. The van der Waals surface area contributed by atoms with Crippen molar-refractivity contribution in [3.63, 3.8) is 0 Å². The van der Waals surface area contributed by atoms with E-state index in [1.165, 1.54) is 18.2 Å². The highest BCUT2D eigenvalue weighted by molar-refractivity contribution is 7.90. The normalized spacial score (nSPS) is 11.5. The third-order valence-electron chi connectivity index (χ3n) is 2.76. The van der Waals surface area contributed by atoms with E-state index >= 15 is 0 Å². The molecule has 0 saturated heterocycles. The van der Waals surface area contributed by atoms with Gasteiger partial charge in [0.05, 0.1) is 5.75 Å². The summed E-state index contributed by atoms with van der Waals surface area (Å²) in [7, 11) is -3.68. The van der Waals surface area contributed by atoms with E-state index in [0.717, 1.165) is 11.6 Å². The van der Waals surface area contributed by atoms with Crippen molar-refractivity contribution in [3.05, 3.63) is 65.5 Å². The molecule has 0 aliphatic heterocycles. The minimum atomic E-state index is -3.68. The molecule has 5 heteroatoms. The maximum Gasteiger partial charge on any atom is 0.185 e. The molecule has 2 rings (SSSR count). The van der Waals surface area contributed by atoms with Gasteiger partial charge in [-0.3, -0.25) is 0 Å². The van der Waals surface area contributed by atoms with Crippen molar-refractivity contribution >= 4 is 9.84 Å². The quantitative estimate of drug-likeness (QED) is 0.934. The van der Waals surface area contributed by atoms with Gasteiger partial charge in [0.25, 0.3) is 0 Å². The lowest BCUT2D eigenvalue weighted by Crippen LogP contribution is -2.07. The van der Waals surface area contributed by atoms with E-state index in [1.807, 2.05) is 6.07 Å². The van der Waals surface area contributed by atoms with Gasteiger partial charge >= 0.3 is 0 Å². The summed E-state index contributed by atoms with van der Waals surface area (Å²) in [6.45, 7) is 0.341. The van der Waals surface area contributed by atoms with Crippen LogP contribution in [0.4, 0.5) is 4.39 Å². The minimum absolute atomic E-state index is 0.234. The molecule has 0 aliphatic carbocycles. The van der Waals surface area contributed by atoms with Crippen LogP contribution in [-0.2, 0) is 22.1 Å². The van der Waals surface area contributed by atoms with Gasteiger partial charge in [-0.15, -0.1) is 0 Å². The molecule has 0 atom stereocenters. The van der Waals surface area contributed by atoms with Crippen molar-refractivity contribution in [3.8, 4) is 0 Å². The van der Waals surface area contributed by atoms with Gasteiger partial charge in [0.2, 0.25) is 0 Å². The second kappa shape index (κ2) is 5.50. The lowest BCUT2D eigenvalue weighted by molar-refractivity contribution is 0.566. The van der Waals surface area contributed by atoms with Crippen LogP contribution >= 0.6 is 0 Å². The first kappa shape index (κ1) is 13.7. The zero-order valence-electron chi connectivity index (χ0n) is 10.2. The fourth-order valence-corrected chi connectivity index (χ4v) is 3.27. The first-order valence-electron chi connectivity index (χ1n) is 5.78. The molecule has 2 aromatic rings. The number of rotatable bonds is 4. The van der Waals surface area contributed by atoms with Crippen LogP contribution < -0.4 is 5.73 Å². The predicted octanol–water partition coefficient (Wildman–Crippen LogP) is 2.26. The van der Waals surface area contributed by atoms with Crippen molar-refractivity contribution in [2.45, 2.75) is 17.2 Å². The second-order valence-corrected chi connectivity index (χ2v) is 6.17. The molecule has 0 spiro atoms. The van der Waals surface area contributed by atoms with Crippen molar-refractivity contribution in [2.75, 3.05) is 0 Å². The maximum atomic E-state index is 13.5. The Hall–Kier alpha value is -1.72. The zero-order valence-corrected chi connectivity index (χ0v) is 11.0. The molecule has 0 fully saturated rings. The van der Waals surface area contributed by atoms with Gasteiger partial charge in [-0.05, 0) is 23.3 Å². The van der Waals surface area contributed by atoms with E-state index in [-0.39, 0.29) is 10.6 Å². The number of nitrogens with two attached hydrogens (primary N) is 1. The van der Waals surface area contributed by atoms with E-state index < -0.39 is 15.7 Å². The highest BCUT2D eigenvalue weighted by atomic mass is 32.2. The third kappa shape index (κ3) is 3.19. The van der Waals surface area contributed by atoms with E-state index in [4.69, 9.17) is 5.73 Å². The Bertz CT molecular complexity index is 683. The summed E-state index contributed by atoms with van der Waals surface area (Å²) in [6, 6.07) is 12.4. The van der Waals surface area contributed by atoms with Crippen LogP contribution in [0.1, 0.15) is 11.1 Å². The van der Waals surface area contributed by atoms with Gasteiger partial charge in [0, 0.05) is 6.54 Å². The fraction of sp³-hybridized carbons (Fsp3) is 0.143. The summed E-state index contributed by atoms with van der Waals surface area (Å²) in [5, 5.41) is 0. The molecule has 2 N–H and O–H groups in total. The highest BCUT2D eigenvalue weighted by Crippen LogP contribution is 2.19. The molecule has 100 valence electrons. The summed E-state index contributed by atoms with van der Waals surface area (Å²) < 4.78 is 37.8. The van der Waals surface area contributed by atoms with Crippen LogP contribution in [-0.4, -0.2) is 8.42 Å². The zero-order chi connectivity index (χ0) is 13.9. The standard InChI is InChI=1S/C14H14FNO2S/c15-13-6-1-2-7-14(13)19(17,18)10-12-5-3-4-11(8-12)9-16/h1-8H,9-10,16H2. The average molecular weight is 279 g/mol. The van der Waals surface area contributed by atoms with Gasteiger partial charge < -0.3 is 5.73 Å². The van der Waals surface area contributed by atoms with E-state index in [0.29, 0.717) is 12.1 Å². The molecule has 0 saturated carbocycles. The van der Waals surface area contributed by atoms with Gasteiger partial charge in [-0.1, -0.05) is 36.4 Å². The van der Waals surface area contributed by atoms with Crippen molar-refractivity contribution in [1.29, 1.82) is 0 Å². The Balaban J connectivity index is 2.34. The third-order valence-corrected chi connectivity index (χ3v) is 4.47. The van der Waals surface area contributed by atoms with Crippen LogP contribution in [0.3, 0.4) is 0 Å². The molecule has 0 unspecified atom stereocenters. The summed E-state index contributed by atoms with van der Waals surface area (Å²) in [5.74, 6) is -0.959.